The molecule has 1 aromatic heterocycles. The average Bonchev–Trinajstić information content (AvgIpc) is 3.32. The number of nitriles is 1. The molecule has 6 heteroatoms. The Morgan fingerprint density at radius 2 is 1.74 bits per heavy atom. The van der Waals surface area contributed by atoms with Crippen LogP contribution in [0.4, 0.5) is 0 Å². The summed E-state index contributed by atoms with van der Waals surface area (Å²) < 4.78 is 0. The molecule has 0 fully saturated rings. The predicted molar refractivity (Wildman–Crippen MR) is 137 cm³/mol. The fraction of sp³-hybridized carbons (Fsp3) is 0.207. The van der Waals surface area contributed by atoms with Crippen molar-refractivity contribution in [2.24, 2.45) is 0 Å². The smallest absolute Gasteiger partial charge is 0.251 e. The van der Waals surface area contributed by atoms with E-state index in [0.717, 1.165) is 22.0 Å². The van der Waals surface area contributed by atoms with Crippen LogP contribution in [0.25, 0.3) is 10.9 Å². The molecule has 2 atom stereocenters. The molecule has 0 aliphatic rings. The maximum absolute atomic E-state index is 13.8. The number of aromatic amines is 1. The number of nitrogens with one attached hydrogen (secondary N) is 3. The zero-order valence-electron chi connectivity index (χ0n) is 19.8. The first-order chi connectivity index (χ1) is 17.0. The van der Waals surface area contributed by atoms with Gasteiger partial charge in [0.15, 0.2) is 5.78 Å². The van der Waals surface area contributed by atoms with Gasteiger partial charge in [-0.05, 0) is 48.2 Å². The van der Waals surface area contributed by atoms with E-state index < -0.39 is 6.04 Å². The minimum Gasteiger partial charge on any atom is -0.360 e. The van der Waals surface area contributed by atoms with Crippen LogP contribution in [0.3, 0.4) is 0 Å². The number of benzene rings is 3. The summed E-state index contributed by atoms with van der Waals surface area (Å²) in [6.45, 7) is 5.10. The highest BCUT2D eigenvalue weighted by molar-refractivity contribution is 6.11. The maximum Gasteiger partial charge on any atom is 0.251 e. The molecular weight excluding hydrogens is 436 g/mol. The van der Waals surface area contributed by atoms with Gasteiger partial charge in [0.2, 0.25) is 0 Å². The fourth-order valence-electron chi connectivity index (χ4n) is 4.20. The van der Waals surface area contributed by atoms with Gasteiger partial charge in [-0.2, -0.15) is 5.26 Å². The number of hydrogen-bond donors (Lipinski definition) is 3. The Hall–Kier alpha value is -4.21. The van der Waals surface area contributed by atoms with Crippen LogP contribution in [0, 0.1) is 11.3 Å². The molecule has 3 aromatic carbocycles. The van der Waals surface area contributed by atoms with Crippen molar-refractivity contribution in [3.63, 3.8) is 0 Å². The predicted octanol–water partition coefficient (Wildman–Crippen LogP) is 5.11. The number of rotatable bonds is 9. The Kier molecular flexibility index (Phi) is 7.39. The minimum absolute atomic E-state index is 0.0414. The summed E-state index contributed by atoms with van der Waals surface area (Å²) in [4.78, 5) is 29.1. The van der Waals surface area contributed by atoms with Crippen LogP contribution >= 0.6 is 0 Å². The van der Waals surface area contributed by atoms with Crippen LogP contribution in [0.1, 0.15) is 63.2 Å². The normalized spacial score (nSPS) is 12.6. The van der Waals surface area contributed by atoms with Crippen molar-refractivity contribution >= 4 is 22.6 Å². The zero-order valence-corrected chi connectivity index (χ0v) is 19.8. The summed E-state index contributed by atoms with van der Waals surface area (Å²) in [6.07, 6.45) is 1.72. The van der Waals surface area contributed by atoms with E-state index in [2.05, 4.69) is 28.6 Å². The largest absolute Gasteiger partial charge is 0.360 e. The third-order valence-corrected chi connectivity index (χ3v) is 6.18. The second-order valence-electron chi connectivity index (χ2n) is 8.57. The van der Waals surface area contributed by atoms with Crippen LogP contribution < -0.4 is 10.6 Å². The van der Waals surface area contributed by atoms with Crippen LogP contribution in [-0.4, -0.2) is 29.8 Å². The first-order valence-electron chi connectivity index (χ1n) is 11.7. The van der Waals surface area contributed by atoms with E-state index in [1.54, 1.807) is 18.3 Å². The Bertz CT molecular complexity index is 1370. The Morgan fingerprint density at radius 3 is 2.43 bits per heavy atom. The Labute approximate surface area is 205 Å². The number of nitrogens with zero attached hydrogens (tertiary/aromatic N) is 1. The SMILES string of the molecule is CCNC(=O)c1ccc2c(C(=O)C(NCC(C)c3ccc(C#N)cc3)c3ccccc3)c[nH]c2c1. The summed E-state index contributed by atoms with van der Waals surface area (Å²) in [5, 5.41) is 16.1. The van der Waals surface area contributed by atoms with Crippen LogP contribution in [0.2, 0.25) is 0 Å². The van der Waals surface area contributed by atoms with E-state index in [-0.39, 0.29) is 17.6 Å². The zero-order chi connectivity index (χ0) is 24.8. The van der Waals surface area contributed by atoms with Gasteiger partial charge >= 0.3 is 0 Å². The van der Waals surface area contributed by atoms with Crippen molar-refractivity contribution in [1.29, 1.82) is 5.26 Å². The van der Waals surface area contributed by atoms with Crippen LogP contribution in [-0.2, 0) is 0 Å². The van der Waals surface area contributed by atoms with Gasteiger partial charge in [0, 0.05) is 41.3 Å². The molecular formula is C29H28N4O2. The molecule has 3 N–H and O–H groups in total. The van der Waals surface area contributed by atoms with Gasteiger partial charge in [-0.3, -0.25) is 9.59 Å². The lowest BCUT2D eigenvalue weighted by Gasteiger charge is -2.21. The number of amides is 1. The molecule has 1 heterocycles. The van der Waals surface area contributed by atoms with Crippen molar-refractivity contribution in [3.8, 4) is 6.07 Å². The first kappa shape index (κ1) is 23.9. The number of fused-ring (bicyclic) bond motifs is 1. The summed E-state index contributed by atoms with van der Waals surface area (Å²) in [5.74, 6) is -0.0397. The third-order valence-electron chi connectivity index (χ3n) is 6.18. The lowest BCUT2D eigenvalue weighted by Crippen LogP contribution is -2.31. The molecule has 1 amide bonds. The molecule has 6 nitrogen and oxygen atoms in total. The van der Waals surface area contributed by atoms with E-state index in [0.29, 0.717) is 29.8 Å². The lowest BCUT2D eigenvalue weighted by atomic mass is 9.95. The van der Waals surface area contributed by atoms with E-state index in [1.807, 2.05) is 67.6 Å². The highest BCUT2D eigenvalue weighted by Crippen LogP contribution is 2.26. The molecule has 4 aromatic rings. The third kappa shape index (κ3) is 5.32. The van der Waals surface area contributed by atoms with Gasteiger partial charge in [0.25, 0.3) is 5.91 Å². The van der Waals surface area contributed by atoms with Gasteiger partial charge < -0.3 is 15.6 Å². The monoisotopic (exact) mass is 464 g/mol. The summed E-state index contributed by atoms with van der Waals surface area (Å²) in [5.41, 5.74) is 4.48. The molecule has 0 aliphatic heterocycles. The standard InChI is InChI=1S/C29H28N4O2/c1-3-31-29(35)23-13-14-24-25(18-32-26(24)15-23)28(34)27(22-7-5-4-6-8-22)33-17-19(2)21-11-9-20(16-30)10-12-21/h4-15,18-19,27,32-33H,3,17H2,1-2H3,(H,31,35). The van der Waals surface area contributed by atoms with Gasteiger partial charge in [0.1, 0.15) is 0 Å². The summed E-state index contributed by atoms with van der Waals surface area (Å²) in [7, 11) is 0. The van der Waals surface area contributed by atoms with E-state index >= 15 is 0 Å². The Morgan fingerprint density at radius 1 is 1.00 bits per heavy atom. The second-order valence-corrected chi connectivity index (χ2v) is 8.57. The fourth-order valence-corrected chi connectivity index (χ4v) is 4.20. The van der Waals surface area contributed by atoms with Gasteiger partial charge in [-0.25, -0.2) is 0 Å². The highest BCUT2D eigenvalue weighted by Gasteiger charge is 2.25. The van der Waals surface area contributed by atoms with Crippen LogP contribution in [0.15, 0.2) is 79.0 Å². The number of carbonyl (C=O) groups is 2. The Balaban J connectivity index is 1.59. The lowest BCUT2D eigenvalue weighted by molar-refractivity contribution is 0.0940. The van der Waals surface area contributed by atoms with Gasteiger partial charge in [-0.1, -0.05) is 55.5 Å². The van der Waals surface area contributed by atoms with E-state index in [9.17, 15) is 9.59 Å². The number of Topliss-reactive ketones (excluding diaryl/α,β-unsaturated/α-hetero) is 1. The molecule has 35 heavy (non-hydrogen) atoms. The van der Waals surface area contributed by atoms with Crippen molar-refractivity contribution in [3.05, 3.63) is 107 Å². The molecule has 0 saturated carbocycles. The van der Waals surface area contributed by atoms with Crippen LogP contribution in [0.5, 0.6) is 0 Å². The molecule has 0 radical (unpaired) electrons. The molecule has 0 aliphatic carbocycles. The molecule has 4 rings (SSSR count). The average molecular weight is 465 g/mol. The summed E-state index contributed by atoms with van der Waals surface area (Å²) in [6, 6.07) is 24.2. The minimum atomic E-state index is -0.529. The van der Waals surface area contributed by atoms with E-state index in [1.165, 1.54) is 0 Å². The van der Waals surface area contributed by atoms with Crippen molar-refractivity contribution in [2.45, 2.75) is 25.8 Å². The summed E-state index contributed by atoms with van der Waals surface area (Å²) >= 11 is 0. The molecule has 0 saturated heterocycles. The van der Waals surface area contributed by atoms with Crippen molar-refractivity contribution in [1.82, 2.24) is 15.6 Å². The molecule has 0 spiro atoms. The van der Waals surface area contributed by atoms with Crippen molar-refractivity contribution < 1.29 is 9.59 Å². The second kappa shape index (κ2) is 10.8. The molecule has 0 bridgehead atoms. The highest BCUT2D eigenvalue weighted by atomic mass is 16.1. The number of aromatic nitrogens is 1. The molecule has 176 valence electrons. The number of H-pyrrole nitrogens is 1. The van der Waals surface area contributed by atoms with Gasteiger partial charge in [0.05, 0.1) is 17.7 Å². The number of ketones is 1. The van der Waals surface area contributed by atoms with Gasteiger partial charge in [-0.15, -0.1) is 0 Å². The molecule has 2 unspecified atom stereocenters. The first-order valence-corrected chi connectivity index (χ1v) is 11.7. The number of hydrogen-bond acceptors (Lipinski definition) is 4. The topological polar surface area (TPSA) is 97.8 Å². The quantitative estimate of drug-likeness (QED) is 0.300. The maximum atomic E-state index is 13.8. The van der Waals surface area contributed by atoms with E-state index in [4.69, 9.17) is 5.26 Å². The number of carbonyl (C=O) groups excluding carboxylic acids is 2. The van der Waals surface area contributed by atoms with Crippen molar-refractivity contribution in [2.75, 3.05) is 13.1 Å².